The molecule has 7 rings (SSSR count). The van der Waals surface area contributed by atoms with E-state index in [9.17, 15) is 4.79 Å². The van der Waals surface area contributed by atoms with Gasteiger partial charge in [0, 0.05) is 42.9 Å². The van der Waals surface area contributed by atoms with Gasteiger partial charge in [0.25, 0.3) is 0 Å². The Morgan fingerprint density at radius 1 is 1.12 bits per heavy atom. The van der Waals surface area contributed by atoms with Crippen LogP contribution in [0.2, 0.25) is 0 Å². The molecular formula is C31H30FN9O. The van der Waals surface area contributed by atoms with E-state index in [1.165, 1.54) is 16.5 Å². The number of aromatic nitrogens is 6. The zero-order valence-corrected chi connectivity index (χ0v) is 22.9. The van der Waals surface area contributed by atoms with Gasteiger partial charge in [-0.1, -0.05) is 12.6 Å². The van der Waals surface area contributed by atoms with E-state index in [0.29, 0.717) is 41.6 Å². The van der Waals surface area contributed by atoms with E-state index in [1.54, 1.807) is 17.1 Å². The number of carbonyl (C=O) groups excluding carboxylic acids is 1. The second-order valence-electron chi connectivity index (χ2n) is 10.7. The van der Waals surface area contributed by atoms with E-state index in [0.717, 1.165) is 29.6 Å². The molecule has 0 bridgehead atoms. The number of carbonyl (C=O) groups is 1. The molecule has 5 aromatic rings. The molecule has 3 N–H and O–H groups in total. The van der Waals surface area contributed by atoms with Gasteiger partial charge in [0.05, 0.1) is 12.1 Å². The quantitative estimate of drug-likeness (QED) is 0.300. The molecule has 3 atom stereocenters. The standard InChI is InChI=1S/C31H30FN9O/c1-2-28(42)39-16-12-25(23(32)18-39)36-24-9-6-19-17-20(7-8-21(19)24)41-30(22-5-3-13-34-29(22)33)37-26-10-11-27(38-31(26)41)40-15-4-14-35-40/h2-5,7-8,10-11,13-15,17,23-25,36H,1,6,9,12,16,18H2,(H2,33,34)/t23?,24-,25?/m0/s1. The van der Waals surface area contributed by atoms with Gasteiger partial charge in [-0.3, -0.25) is 9.36 Å². The predicted octanol–water partition coefficient (Wildman–Crippen LogP) is 3.95. The number of fused-ring (bicyclic) bond motifs is 2. The summed E-state index contributed by atoms with van der Waals surface area (Å²) in [6, 6.07) is 15.5. The van der Waals surface area contributed by atoms with Crippen molar-refractivity contribution in [3.05, 3.63) is 90.9 Å². The second kappa shape index (κ2) is 10.5. The molecule has 1 saturated heterocycles. The lowest BCUT2D eigenvalue weighted by Crippen LogP contribution is -2.52. The van der Waals surface area contributed by atoms with Crippen LogP contribution < -0.4 is 11.1 Å². The van der Waals surface area contributed by atoms with Crippen molar-refractivity contribution in [1.82, 2.24) is 39.5 Å². The van der Waals surface area contributed by atoms with E-state index in [2.05, 4.69) is 40.2 Å². The number of nitrogens with one attached hydrogen (secondary N) is 1. The minimum absolute atomic E-state index is 0.0384. The van der Waals surface area contributed by atoms with Crippen LogP contribution in [0.3, 0.4) is 0 Å². The fourth-order valence-corrected chi connectivity index (χ4v) is 6.11. The van der Waals surface area contributed by atoms with Crippen molar-refractivity contribution in [3.63, 3.8) is 0 Å². The monoisotopic (exact) mass is 563 g/mol. The smallest absolute Gasteiger partial charge is 0.246 e. The average Bonchev–Trinajstić information content (AvgIpc) is 3.76. The van der Waals surface area contributed by atoms with Crippen LogP contribution in [0.15, 0.2) is 79.8 Å². The van der Waals surface area contributed by atoms with Gasteiger partial charge in [0.2, 0.25) is 5.91 Å². The number of nitrogen functional groups attached to an aromatic ring is 1. The fourth-order valence-electron chi connectivity index (χ4n) is 6.11. The minimum atomic E-state index is -1.13. The van der Waals surface area contributed by atoms with E-state index < -0.39 is 6.17 Å². The number of pyridine rings is 2. The van der Waals surface area contributed by atoms with Crippen molar-refractivity contribution in [1.29, 1.82) is 0 Å². The lowest BCUT2D eigenvalue weighted by Gasteiger charge is -2.36. The summed E-state index contributed by atoms with van der Waals surface area (Å²) < 4.78 is 18.8. The fraction of sp³-hybridized carbons (Fsp3) is 0.258. The maximum Gasteiger partial charge on any atom is 0.246 e. The zero-order chi connectivity index (χ0) is 28.8. The molecule has 1 aliphatic carbocycles. The third kappa shape index (κ3) is 4.51. The molecule has 1 fully saturated rings. The molecule has 0 saturated carbocycles. The molecular weight excluding hydrogens is 533 g/mol. The Hall–Kier alpha value is -4.90. The Morgan fingerprint density at radius 3 is 2.81 bits per heavy atom. The van der Waals surface area contributed by atoms with Crippen LogP contribution in [0.1, 0.15) is 30.0 Å². The van der Waals surface area contributed by atoms with E-state index in [1.807, 2.05) is 41.1 Å². The molecule has 1 amide bonds. The number of nitrogens with zero attached hydrogens (tertiary/aromatic N) is 7. The first-order valence-corrected chi connectivity index (χ1v) is 14.0. The van der Waals surface area contributed by atoms with Gasteiger partial charge in [-0.25, -0.2) is 24.0 Å². The minimum Gasteiger partial charge on any atom is -0.383 e. The summed E-state index contributed by atoms with van der Waals surface area (Å²) in [5.74, 6) is 1.48. The molecule has 0 spiro atoms. The van der Waals surface area contributed by atoms with Crippen LogP contribution in [0, 0.1) is 0 Å². The summed E-state index contributed by atoms with van der Waals surface area (Å²) in [4.78, 5) is 27.6. The van der Waals surface area contributed by atoms with Crippen LogP contribution >= 0.6 is 0 Å². The second-order valence-corrected chi connectivity index (χ2v) is 10.7. The first-order valence-electron chi connectivity index (χ1n) is 14.0. The number of anilines is 1. The van der Waals surface area contributed by atoms with Gasteiger partial charge in [0.15, 0.2) is 17.3 Å². The molecule has 4 aromatic heterocycles. The van der Waals surface area contributed by atoms with Crippen molar-refractivity contribution in [2.75, 3.05) is 18.8 Å². The first kappa shape index (κ1) is 26.0. The molecule has 1 aromatic carbocycles. The largest absolute Gasteiger partial charge is 0.383 e. The van der Waals surface area contributed by atoms with Crippen LogP contribution in [0.5, 0.6) is 0 Å². The van der Waals surface area contributed by atoms with Gasteiger partial charge in [-0.15, -0.1) is 0 Å². The molecule has 212 valence electrons. The number of hydrogen-bond donors (Lipinski definition) is 2. The SMILES string of the molecule is C=CC(=O)N1CCC(N[C@H]2CCc3cc(-n4c(-c5cccnc5N)nc5ccc(-n6cccn6)nc54)ccc32)C(F)C1. The number of alkyl halides is 1. The highest BCUT2D eigenvalue weighted by atomic mass is 19.1. The van der Waals surface area contributed by atoms with Crippen LogP contribution in [-0.4, -0.2) is 65.4 Å². The molecule has 5 heterocycles. The maximum absolute atomic E-state index is 15.1. The van der Waals surface area contributed by atoms with Crippen molar-refractivity contribution in [3.8, 4) is 22.9 Å². The number of nitrogens with two attached hydrogens (primary N) is 1. The lowest BCUT2D eigenvalue weighted by atomic mass is 10.00. The Balaban J connectivity index is 1.24. The highest BCUT2D eigenvalue weighted by molar-refractivity contribution is 5.87. The number of halogens is 1. The van der Waals surface area contributed by atoms with Crippen LogP contribution in [0.4, 0.5) is 10.2 Å². The maximum atomic E-state index is 15.1. The third-order valence-electron chi connectivity index (χ3n) is 8.21. The normalized spacial score (nSPS) is 20.1. The van der Waals surface area contributed by atoms with Crippen molar-refractivity contribution in [2.45, 2.75) is 37.5 Å². The van der Waals surface area contributed by atoms with Crippen molar-refractivity contribution < 1.29 is 9.18 Å². The zero-order valence-electron chi connectivity index (χ0n) is 22.9. The summed E-state index contributed by atoms with van der Waals surface area (Å²) in [5.41, 5.74) is 11.7. The summed E-state index contributed by atoms with van der Waals surface area (Å²) in [5, 5.41) is 7.89. The van der Waals surface area contributed by atoms with Gasteiger partial charge in [-0.05, 0) is 78.9 Å². The molecule has 2 unspecified atom stereocenters. The van der Waals surface area contributed by atoms with E-state index in [4.69, 9.17) is 15.7 Å². The number of hydrogen-bond acceptors (Lipinski definition) is 7. The average molecular weight is 564 g/mol. The summed E-state index contributed by atoms with van der Waals surface area (Å²) in [6.45, 7) is 4.12. The summed E-state index contributed by atoms with van der Waals surface area (Å²) in [7, 11) is 0. The first-order chi connectivity index (χ1) is 20.5. The Kier molecular flexibility index (Phi) is 6.50. The van der Waals surface area contributed by atoms with Gasteiger partial charge in [0.1, 0.15) is 17.5 Å². The van der Waals surface area contributed by atoms with Crippen molar-refractivity contribution in [2.24, 2.45) is 0 Å². The summed E-state index contributed by atoms with van der Waals surface area (Å²) >= 11 is 0. The van der Waals surface area contributed by atoms with Gasteiger partial charge in [-0.2, -0.15) is 5.10 Å². The number of aryl methyl sites for hydroxylation is 1. The van der Waals surface area contributed by atoms with Crippen LogP contribution in [0.25, 0.3) is 34.1 Å². The van der Waals surface area contributed by atoms with E-state index in [-0.39, 0.29) is 24.5 Å². The number of amides is 1. The number of piperidine rings is 1. The number of benzene rings is 1. The molecule has 1 aliphatic heterocycles. The molecule has 0 radical (unpaired) electrons. The van der Waals surface area contributed by atoms with Crippen LogP contribution in [-0.2, 0) is 11.2 Å². The van der Waals surface area contributed by atoms with E-state index >= 15 is 4.39 Å². The number of imidazole rings is 1. The Bertz CT molecular complexity index is 1800. The Labute approximate surface area is 241 Å². The highest BCUT2D eigenvalue weighted by Gasteiger charge is 2.34. The highest BCUT2D eigenvalue weighted by Crippen LogP contribution is 2.36. The van der Waals surface area contributed by atoms with Gasteiger partial charge < -0.3 is 16.0 Å². The third-order valence-corrected chi connectivity index (χ3v) is 8.21. The van der Waals surface area contributed by atoms with Gasteiger partial charge >= 0.3 is 0 Å². The predicted molar refractivity (Wildman–Crippen MR) is 158 cm³/mol. The Morgan fingerprint density at radius 2 is 2.02 bits per heavy atom. The molecule has 10 nitrogen and oxygen atoms in total. The summed E-state index contributed by atoms with van der Waals surface area (Å²) in [6.07, 6.45) is 7.62. The molecule has 42 heavy (non-hydrogen) atoms. The molecule has 11 heteroatoms. The molecule has 2 aliphatic rings. The number of rotatable bonds is 6. The van der Waals surface area contributed by atoms with Crippen molar-refractivity contribution >= 4 is 22.9 Å². The lowest BCUT2D eigenvalue weighted by molar-refractivity contribution is -0.128. The number of likely N-dealkylation sites (tertiary alicyclic amines) is 1. The topological polar surface area (TPSA) is 120 Å².